The molecule has 6 nitrogen and oxygen atoms in total. The number of amides is 1. The zero-order valence-electron chi connectivity index (χ0n) is 11.5. The first-order valence-electron chi connectivity index (χ1n) is 6.54. The molecule has 1 fully saturated rings. The van der Waals surface area contributed by atoms with Crippen LogP contribution in [0.5, 0.6) is 5.75 Å². The molecular weight excluding hydrogens is 260 g/mol. The minimum atomic E-state index is -0.904. The zero-order valence-corrected chi connectivity index (χ0v) is 11.5. The molecule has 0 bridgehead atoms. The molecule has 20 heavy (non-hydrogen) atoms. The van der Waals surface area contributed by atoms with E-state index in [4.69, 9.17) is 0 Å². The molecule has 1 amide bonds. The van der Waals surface area contributed by atoms with E-state index < -0.39 is 11.4 Å². The highest BCUT2D eigenvalue weighted by Crippen LogP contribution is 2.39. The molecule has 1 atom stereocenters. The Morgan fingerprint density at radius 1 is 1.45 bits per heavy atom. The molecule has 1 saturated heterocycles. The first kappa shape index (κ1) is 14.3. The number of aliphatic carboxylic acids is 1. The molecule has 0 radical (unpaired) electrons. The molecule has 2 rings (SSSR count). The summed E-state index contributed by atoms with van der Waals surface area (Å²) in [4.78, 5) is 29.1. The minimum absolute atomic E-state index is 0.0659. The lowest BCUT2D eigenvalue weighted by Gasteiger charge is -2.28. The molecule has 1 aliphatic rings. The maximum absolute atomic E-state index is 12.3. The molecule has 6 heteroatoms. The van der Waals surface area contributed by atoms with Crippen LogP contribution in [-0.2, 0) is 4.79 Å². The van der Waals surface area contributed by atoms with Crippen LogP contribution in [0.25, 0.3) is 0 Å². The van der Waals surface area contributed by atoms with E-state index in [9.17, 15) is 19.8 Å². The maximum atomic E-state index is 12.3. The molecule has 1 aliphatic heterocycles. The largest absolute Gasteiger partial charge is 0.505 e. The number of nitrogens with zero attached hydrogens (tertiary/aromatic N) is 2. The average molecular weight is 278 g/mol. The molecule has 1 aromatic rings. The van der Waals surface area contributed by atoms with Crippen LogP contribution in [0.2, 0.25) is 0 Å². The van der Waals surface area contributed by atoms with Crippen molar-refractivity contribution in [3.63, 3.8) is 0 Å². The summed E-state index contributed by atoms with van der Waals surface area (Å²) in [5, 5.41) is 19.1. The summed E-state index contributed by atoms with van der Waals surface area (Å²) in [5.74, 6) is -1.48. The third kappa shape index (κ3) is 2.21. The fourth-order valence-electron chi connectivity index (χ4n) is 2.64. The van der Waals surface area contributed by atoms with Crippen LogP contribution in [0.3, 0.4) is 0 Å². The number of rotatable bonds is 3. The van der Waals surface area contributed by atoms with E-state index in [2.05, 4.69) is 4.98 Å². The van der Waals surface area contributed by atoms with Gasteiger partial charge in [-0.2, -0.15) is 0 Å². The third-order valence-electron chi connectivity index (χ3n) is 4.15. The Hall–Kier alpha value is -2.11. The molecule has 2 heterocycles. The maximum Gasteiger partial charge on any atom is 0.311 e. The summed E-state index contributed by atoms with van der Waals surface area (Å²) >= 11 is 0. The predicted octanol–water partition coefficient (Wildman–Crippen LogP) is 1.36. The number of pyridine rings is 1. The molecule has 108 valence electrons. The lowest BCUT2D eigenvalue weighted by atomic mass is 9.76. The summed E-state index contributed by atoms with van der Waals surface area (Å²) in [6.45, 7) is 4.25. The zero-order chi connectivity index (χ0) is 14.9. The average Bonchev–Trinajstić information content (AvgIpc) is 2.85. The lowest BCUT2D eigenvalue weighted by molar-refractivity contribution is -0.150. The number of carboxylic acids is 1. The fourth-order valence-corrected chi connectivity index (χ4v) is 2.64. The first-order valence-corrected chi connectivity index (χ1v) is 6.54. The van der Waals surface area contributed by atoms with Crippen LogP contribution in [0, 0.1) is 11.3 Å². The number of carboxylic acid groups (broad SMARTS) is 1. The van der Waals surface area contributed by atoms with Crippen molar-refractivity contribution in [3.8, 4) is 5.75 Å². The van der Waals surface area contributed by atoms with Crippen molar-refractivity contribution >= 4 is 11.9 Å². The molecule has 1 unspecified atom stereocenters. The molecule has 0 aromatic carbocycles. The summed E-state index contributed by atoms with van der Waals surface area (Å²) < 4.78 is 0. The molecule has 0 saturated carbocycles. The van der Waals surface area contributed by atoms with E-state index in [1.54, 1.807) is 0 Å². The van der Waals surface area contributed by atoms with Crippen LogP contribution >= 0.6 is 0 Å². The van der Waals surface area contributed by atoms with Crippen LogP contribution in [0.1, 0.15) is 30.6 Å². The lowest BCUT2D eigenvalue weighted by Crippen LogP contribution is -2.40. The van der Waals surface area contributed by atoms with Crippen molar-refractivity contribution in [1.82, 2.24) is 9.88 Å². The topological polar surface area (TPSA) is 90.7 Å². The van der Waals surface area contributed by atoms with Gasteiger partial charge >= 0.3 is 5.97 Å². The Balaban J connectivity index is 2.23. The number of aromatic hydroxyl groups is 1. The second kappa shape index (κ2) is 5.11. The highest BCUT2D eigenvalue weighted by molar-refractivity contribution is 5.97. The van der Waals surface area contributed by atoms with Gasteiger partial charge in [-0.15, -0.1) is 0 Å². The highest BCUT2D eigenvalue weighted by Gasteiger charge is 2.48. The van der Waals surface area contributed by atoms with Gasteiger partial charge < -0.3 is 15.1 Å². The summed E-state index contributed by atoms with van der Waals surface area (Å²) in [6.07, 6.45) is 3.06. The fraction of sp³-hybridized carbons (Fsp3) is 0.500. The molecular formula is C14H18N2O4. The first-order chi connectivity index (χ1) is 9.38. The summed E-state index contributed by atoms with van der Waals surface area (Å²) in [6, 6.07) is 1.44. The standard InChI is InChI=1S/C14H18N2O4/c1-9(2)14(13(19)20)4-6-16(8-14)12(18)10-3-5-15-7-11(10)17/h3,5,7,9,17H,4,6,8H2,1-2H3,(H,19,20). The monoisotopic (exact) mass is 278 g/mol. The van der Waals surface area contributed by atoms with Gasteiger partial charge in [-0.25, -0.2) is 0 Å². The minimum Gasteiger partial charge on any atom is -0.505 e. The van der Waals surface area contributed by atoms with Gasteiger partial charge in [-0.1, -0.05) is 13.8 Å². The van der Waals surface area contributed by atoms with Crippen molar-refractivity contribution in [1.29, 1.82) is 0 Å². The van der Waals surface area contributed by atoms with Crippen molar-refractivity contribution in [3.05, 3.63) is 24.0 Å². The van der Waals surface area contributed by atoms with E-state index in [0.29, 0.717) is 13.0 Å². The van der Waals surface area contributed by atoms with E-state index in [0.717, 1.165) is 0 Å². The van der Waals surface area contributed by atoms with Crippen LogP contribution in [0.15, 0.2) is 18.5 Å². The van der Waals surface area contributed by atoms with Gasteiger partial charge in [0.2, 0.25) is 0 Å². The van der Waals surface area contributed by atoms with Gasteiger partial charge in [0.25, 0.3) is 5.91 Å². The molecule has 0 aliphatic carbocycles. The molecule has 2 N–H and O–H groups in total. The Bertz CT molecular complexity index is 544. The normalized spacial score (nSPS) is 22.2. The van der Waals surface area contributed by atoms with Gasteiger partial charge in [0.15, 0.2) is 0 Å². The number of hydrogen-bond acceptors (Lipinski definition) is 4. The van der Waals surface area contributed by atoms with Crippen LogP contribution in [-0.4, -0.2) is 45.1 Å². The van der Waals surface area contributed by atoms with Crippen LogP contribution in [0.4, 0.5) is 0 Å². The number of carbonyl (C=O) groups is 2. The predicted molar refractivity (Wildman–Crippen MR) is 71.3 cm³/mol. The summed E-state index contributed by atoms with van der Waals surface area (Å²) in [7, 11) is 0. The highest BCUT2D eigenvalue weighted by atomic mass is 16.4. The second-order valence-corrected chi connectivity index (χ2v) is 5.49. The smallest absolute Gasteiger partial charge is 0.311 e. The second-order valence-electron chi connectivity index (χ2n) is 5.49. The van der Waals surface area contributed by atoms with Gasteiger partial charge in [-0.05, 0) is 18.4 Å². The van der Waals surface area contributed by atoms with Gasteiger partial charge in [0, 0.05) is 19.3 Å². The van der Waals surface area contributed by atoms with E-state index in [1.165, 1.54) is 23.4 Å². The summed E-state index contributed by atoms with van der Waals surface area (Å²) in [5.41, 5.74) is -0.747. The van der Waals surface area contributed by atoms with E-state index in [1.807, 2.05) is 13.8 Å². The van der Waals surface area contributed by atoms with Crippen LogP contribution < -0.4 is 0 Å². The van der Waals surface area contributed by atoms with Gasteiger partial charge in [0.1, 0.15) is 5.75 Å². The molecule has 1 aromatic heterocycles. The third-order valence-corrected chi connectivity index (χ3v) is 4.15. The van der Waals surface area contributed by atoms with Gasteiger partial charge in [-0.3, -0.25) is 14.6 Å². The Morgan fingerprint density at radius 2 is 2.15 bits per heavy atom. The Kier molecular flexibility index (Phi) is 3.65. The van der Waals surface area contributed by atoms with Crippen molar-refractivity contribution in [2.45, 2.75) is 20.3 Å². The van der Waals surface area contributed by atoms with Crippen molar-refractivity contribution in [2.75, 3.05) is 13.1 Å². The Labute approximate surface area is 117 Å². The number of carbonyl (C=O) groups excluding carboxylic acids is 1. The van der Waals surface area contributed by atoms with E-state index >= 15 is 0 Å². The van der Waals surface area contributed by atoms with Gasteiger partial charge in [0.05, 0.1) is 17.2 Å². The number of aromatic nitrogens is 1. The quantitative estimate of drug-likeness (QED) is 0.871. The number of likely N-dealkylation sites (tertiary alicyclic amines) is 1. The van der Waals surface area contributed by atoms with E-state index in [-0.39, 0.29) is 29.7 Å². The SMILES string of the molecule is CC(C)C1(C(=O)O)CCN(C(=O)c2ccncc2O)C1. The molecule has 0 spiro atoms. The number of hydrogen-bond donors (Lipinski definition) is 2. The van der Waals surface area contributed by atoms with Crippen molar-refractivity contribution < 1.29 is 19.8 Å². The Morgan fingerprint density at radius 3 is 2.65 bits per heavy atom. The van der Waals surface area contributed by atoms with Crippen molar-refractivity contribution in [2.24, 2.45) is 11.3 Å².